The third-order valence-electron chi connectivity index (χ3n) is 3.93. The lowest BCUT2D eigenvalue weighted by Gasteiger charge is -2.32. The van der Waals surface area contributed by atoms with Gasteiger partial charge in [0, 0.05) is 40.8 Å². The molecule has 0 radical (unpaired) electrons. The summed E-state index contributed by atoms with van der Waals surface area (Å²) >= 11 is 0. The van der Waals surface area contributed by atoms with Crippen LogP contribution in [0.15, 0.2) is 23.2 Å². The summed E-state index contributed by atoms with van der Waals surface area (Å²) in [5.74, 6) is 0.353. The van der Waals surface area contributed by atoms with E-state index < -0.39 is 0 Å². The third-order valence-corrected chi connectivity index (χ3v) is 3.93. The highest BCUT2D eigenvalue weighted by atomic mass is 127. The Balaban J connectivity index is 0.00000312. The molecule has 8 heteroatoms. The summed E-state index contributed by atoms with van der Waals surface area (Å²) in [6.45, 7) is 2.56. The zero-order valence-corrected chi connectivity index (χ0v) is 17.2. The molecule has 1 aromatic carbocycles. The van der Waals surface area contributed by atoms with E-state index in [4.69, 9.17) is 4.74 Å². The van der Waals surface area contributed by atoms with Crippen LogP contribution in [0.4, 0.5) is 4.39 Å². The summed E-state index contributed by atoms with van der Waals surface area (Å²) in [6.07, 6.45) is 0.822. The van der Waals surface area contributed by atoms with Crippen LogP contribution >= 0.6 is 24.0 Å². The van der Waals surface area contributed by atoms with E-state index in [2.05, 4.69) is 10.3 Å². The van der Waals surface area contributed by atoms with Crippen LogP contribution in [0.3, 0.4) is 0 Å². The van der Waals surface area contributed by atoms with Crippen molar-refractivity contribution in [3.63, 3.8) is 0 Å². The molecule has 1 aromatic rings. The Bertz CT molecular complexity index is 610. The van der Waals surface area contributed by atoms with E-state index in [1.807, 2.05) is 11.0 Å². The third kappa shape index (κ3) is 6.43. The average Bonchev–Trinajstić information content (AvgIpc) is 2.56. The molecule has 0 saturated carbocycles. The summed E-state index contributed by atoms with van der Waals surface area (Å²) in [7, 11) is 5.04. The van der Waals surface area contributed by atoms with Crippen LogP contribution in [-0.4, -0.2) is 69.1 Å². The molecule has 1 amide bonds. The number of carbonyl (C=O) groups is 1. The lowest BCUT2D eigenvalue weighted by Crippen LogP contribution is -2.45. The quantitative estimate of drug-likeness (QED) is 0.311. The lowest BCUT2D eigenvalue weighted by atomic mass is 10.00. The standard InChI is InChI=1S/C17H25FN4O2.HI/c1-21(2)16(23)11-20-17(19-7-9-24-3)22-8-6-13-4-5-15(18)10-14(13)12-22;/h4-5,10H,6-9,11-12H2,1-3H3,(H,19,20);1H. The Morgan fingerprint density at radius 2 is 2.16 bits per heavy atom. The van der Waals surface area contributed by atoms with E-state index in [-0.39, 0.29) is 42.2 Å². The Morgan fingerprint density at radius 1 is 1.40 bits per heavy atom. The molecule has 1 aliphatic rings. The molecule has 0 aliphatic carbocycles. The van der Waals surface area contributed by atoms with Crippen molar-refractivity contribution < 1.29 is 13.9 Å². The maximum absolute atomic E-state index is 13.5. The number of hydrogen-bond donors (Lipinski definition) is 1. The molecule has 2 rings (SSSR count). The van der Waals surface area contributed by atoms with Crippen molar-refractivity contribution >= 4 is 35.8 Å². The van der Waals surface area contributed by atoms with Crippen LogP contribution in [0.2, 0.25) is 0 Å². The smallest absolute Gasteiger partial charge is 0.243 e. The fraction of sp³-hybridized carbons (Fsp3) is 0.529. The first kappa shape index (κ1) is 21.6. The number of benzene rings is 1. The van der Waals surface area contributed by atoms with Crippen molar-refractivity contribution in [3.8, 4) is 0 Å². The van der Waals surface area contributed by atoms with Crippen molar-refractivity contribution in [2.75, 3.05) is 47.4 Å². The molecule has 0 bridgehead atoms. The summed E-state index contributed by atoms with van der Waals surface area (Å²) < 4.78 is 18.5. The number of methoxy groups -OCH3 is 1. The van der Waals surface area contributed by atoms with Crippen LogP contribution in [0.5, 0.6) is 0 Å². The minimum absolute atomic E-state index is 0. The molecule has 0 saturated heterocycles. The highest BCUT2D eigenvalue weighted by Crippen LogP contribution is 2.20. The number of carbonyl (C=O) groups excluding carboxylic acids is 1. The second-order valence-electron chi connectivity index (χ2n) is 5.93. The fourth-order valence-electron chi connectivity index (χ4n) is 2.52. The van der Waals surface area contributed by atoms with Gasteiger partial charge in [0.2, 0.25) is 5.91 Å². The van der Waals surface area contributed by atoms with Gasteiger partial charge in [-0.05, 0) is 29.7 Å². The Labute approximate surface area is 165 Å². The summed E-state index contributed by atoms with van der Waals surface area (Å²) in [5, 5.41) is 3.22. The van der Waals surface area contributed by atoms with E-state index in [1.54, 1.807) is 27.3 Å². The molecular formula is C17H26FIN4O2. The maximum atomic E-state index is 13.5. The molecule has 0 spiro atoms. The predicted molar refractivity (Wildman–Crippen MR) is 107 cm³/mol. The van der Waals surface area contributed by atoms with E-state index in [9.17, 15) is 9.18 Å². The van der Waals surface area contributed by atoms with Gasteiger partial charge in [0.15, 0.2) is 5.96 Å². The number of ether oxygens (including phenoxy) is 1. The summed E-state index contributed by atoms with van der Waals surface area (Å²) in [4.78, 5) is 19.8. The highest BCUT2D eigenvalue weighted by Gasteiger charge is 2.20. The van der Waals surface area contributed by atoms with E-state index >= 15 is 0 Å². The van der Waals surface area contributed by atoms with E-state index in [0.717, 1.165) is 24.1 Å². The first-order valence-electron chi connectivity index (χ1n) is 8.01. The molecule has 0 fully saturated rings. The van der Waals surface area contributed by atoms with Crippen LogP contribution in [0.1, 0.15) is 11.1 Å². The topological polar surface area (TPSA) is 57.2 Å². The number of nitrogens with one attached hydrogen (secondary N) is 1. The van der Waals surface area contributed by atoms with Crippen LogP contribution in [0.25, 0.3) is 0 Å². The zero-order chi connectivity index (χ0) is 17.5. The van der Waals surface area contributed by atoms with Gasteiger partial charge in [0.25, 0.3) is 0 Å². The average molecular weight is 464 g/mol. The van der Waals surface area contributed by atoms with Crippen LogP contribution in [0, 0.1) is 5.82 Å². The van der Waals surface area contributed by atoms with Gasteiger partial charge in [0.1, 0.15) is 12.4 Å². The molecular weight excluding hydrogens is 438 g/mol. The minimum Gasteiger partial charge on any atom is -0.383 e. The molecule has 25 heavy (non-hydrogen) atoms. The van der Waals surface area contributed by atoms with Gasteiger partial charge < -0.3 is 19.9 Å². The van der Waals surface area contributed by atoms with Gasteiger partial charge in [-0.15, -0.1) is 24.0 Å². The number of amides is 1. The Hall–Kier alpha value is -1.42. The fourth-order valence-corrected chi connectivity index (χ4v) is 2.52. The number of guanidine groups is 1. The van der Waals surface area contributed by atoms with Crippen molar-refractivity contribution in [1.29, 1.82) is 0 Å². The number of rotatable bonds is 5. The normalized spacial score (nSPS) is 13.8. The van der Waals surface area contributed by atoms with E-state index in [1.165, 1.54) is 11.0 Å². The lowest BCUT2D eigenvalue weighted by molar-refractivity contribution is -0.127. The Kier molecular flexibility index (Phi) is 9.12. The second-order valence-corrected chi connectivity index (χ2v) is 5.93. The number of hydrogen-bond acceptors (Lipinski definition) is 3. The first-order chi connectivity index (χ1) is 11.5. The molecule has 0 unspecified atom stereocenters. The highest BCUT2D eigenvalue weighted by molar-refractivity contribution is 14.0. The minimum atomic E-state index is -0.232. The molecule has 1 N–H and O–H groups in total. The largest absolute Gasteiger partial charge is 0.383 e. The number of fused-ring (bicyclic) bond motifs is 1. The van der Waals surface area contributed by atoms with Crippen molar-refractivity contribution in [2.24, 2.45) is 4.99 Å². The second kappa shape index (κ2) is 10.5. The summed E-state index contributed by atoms with van der Waals surface area (Å²) in [6, 6.07) is 4.90. The van der Waals surface area contributed by atoms with Gasteiger partial charge >= 0.3 is 0 Å². The van der Waals surface area contributed by atoms with Gasteiger partial charge in [-0.25, -0.2) is 9.38 Å². The monoisotopic (exact) mass is 464 g/mol. The molecule has 1 heterocycles. The predicted octanol–water partition coefficient (Wildman–Crippen LogP) is 1.48. The number of likely N-dealkylation sites (N-methyl/N-ethyl adjacent to an activating group) is 1. The zero-order valence-electron chi connectivity index (χ0n) is 14.9. The molecule has 140 valence electrons. The molecule has 1 aliphatic heterocycles. The number of nitrogens with zero attached hydrogens (tertiary/aromatic N) is 3. The number of halogens is 2. The molecule has 6 nitrogen and oxygen atoms in total. The molecule has 0 aromatic heterocycles. The van der Waals surface area contributed by atoms with Gasteiger partial charge in [-0.1, -0.05) is 6.07 Å². The molecule has 0 atom stereocenters. The van der Waals surface area contributed by atoms with Gasteiger partial charge in [0.05, 0.1) is 6.61 Å². The SMILES string of the molecule is COCCNC(=NCC(=O)N(C)C)N1CCc2ccc(F)cc2C1.I. The van der Waals surface area contributed by atoms with E-state index in [0.29, 0.717) is 25.7 Å². The number of aliphatic imine (C=N–C) groups is 1. The van der Waals surface area contributed by atoms with Crippen molar-refractivity contribution in [2.45, 2.75) is 13.0 Å². The van der Waals surface area contributed by atoms with Crippen molar-refractivity contribution in [3.05, 3.63) is 35.1 Å². The van der Waals surface area contributed by atoms with Crippen molar-refractivity contribution in [1.82, 2.24) is 15.1 Å². The first-order valence-corrected chi connectivity index (χ1v) is 8.01. The van der Waals surface area contributed by atoms with Crippen LogP contribution in [-0.2, 0) is 22.5 Å². The van der Waals surface area contributed by atoms with Gasteiger partial charge in [-0.2, -0.15) is 0 Å². The maximum Gasteiger partial charge on any atom is 0.243 e. The Morgan fingerprint density at radius 3 is 2.84 bits per heavy atom. The summed E-state index contributed by atoms with van der Waals surface area (Å²) in [5.41, 5.74) is 2.12. The van der Waals surface area contributed by atoms with Gasteiger partial charge in [-0.3, -0.25) is 4.79 Å². The van der Waals surface area contributed by atoms with Crippen LogP contribution < -0.4 is 5.32 Å².